The van der Waals surface area contributed by atoms with Crippen molar-refractivity contribution in [2.45, 2.75) is 39.2 Å². The third-order valence-electron chi connectivity index (χ3n) is 3.27. The third-order valence-corrected chi connectivity index (χ3v) is 5.03. The summed E-state index contributed by atoms with van der Waals surface area (Å²) in [4.78, 5) is 0.822. The highest BCUT2D eigenvalue weighted by Gasteiger charge is 2.19. The van der Waals surface area contributed by atoms with Gasteiger partial charge in [-0.25, -0.2) is 0 Å². The van der Waals surface area contributed by atoms with Crippen LogP contribution in [-0.2, 0) is 5.41 Å². The molecular weight excluding hydrogens is 276 g/mol. The summed E-state index contributed by atoms with van der Waals surface area (Å²) in [5.41, 5.74) is 3.29. The molecule has 0 saturated heterocycles. The molecule has 1 aromatic carbocycles. The van der Waals surface area contributed by atoms with Crippen LogP contribution in [0.2, 0.25) is 5.02 Å². The maximum absolute atomic E-state index is 10.4. The van der Waals surface area contributed by atoms with Crippen LogP contribution in [0.1, 0.15) is 48.4 Å². The summed E-state index contributed by atoms with van der Waals surface area (Å²) in [6, 6.07) is 8.12. The standard InChI is InChI=1S/C16H19ClOS/c1-10-9-19-15(13(10)17)14(18)11-5-7-12(8-6-11)16(2,3)4/h5-9,14,18H,1-4H3. The lowest BCUT2D eigenvalue weighted by Gasteiger charge is -2.20. The van der Waals surface area contributed by atoms with E-state index < -0.39 is 6.10 Å². The van der Waals surface area contributed by atoms with Gasteiger partial charge in [0.1, 0.15) is 6.10 Å². The fraction of sp³-hybridized carbons (Fsp3) is 0.375. The van der Waals surface area contributed by atoms with E-state index in [9.17, 15) is 5.11 Å². The Morgan fingerprint density at radius 1 is 1.16 bits per heavy atom. The molecule has 2 rings (SSSR count). The molecule has 0 aliphatic carbocycles. The highest BCUT2D eigenvalue weighted by atomic mass is 35.5. The molecule has 0 bridgehead atoms. The molecule has 0 aliphatic heterocycles. The Kier molecular flexibility index (Phi) is 4.05. The Hall–Kier alpha value is -0.830. The van der Waals surface area contributed by atoms with E-state index in [1.165, 1.54) is 16.9 Å². The number of thiophene rings is 1. The average Bonchev–Trinajstić information content (AvgIpc) is 2.68. The van der Waals surface area contributed by atoms with Crippen molar-refractivity contribution in [2.24, 2.45) is 0 Å². The van der Waals surface area contributed by atoms with Crippen molar-refractivity contribution in [1.82, 2.24) is 0 Å². The van der Waals surface area contributed by atoms with Gasteiger partial charge in [0.25, 0.3) is 0 Å². The van der Waals surface area contributed by atoms with Gasteiger partial charge < -0.3 is 5.11 Å². The summed E-state index contributed by atoms with van der Waals surface area (Å²) in [5.74, 6) is 0. The zero-order valence-electron chi connectivity index (χ0n) is 11.7. The van der Waals surface area contributed by atoms with Crippen LogP contribution in [0.5, 0.6) is 0 Å². The normalized spacial score (nSPS) is 13.6. The van der Waals surface area contributed by atoms with Gasteiger partial charge in [-0.15, -0.1) is 11.3 Å². The van der Waals surface area contributed by atoms with E-state index in [4.69, 9.17) is 11.6 Å². The first kappa shape index (κ1) is 14.6. The zero-order valence-corrected chi connectivity index (χ0v) is 13.3. The van der Waals surface area contributed by atoms with Gasteiger partial charge in [-0.1, -0.05) is 56.6 Å². The number of aliphatic hydroxyl groups is 1. The van der Waals surface area contributed by atoms with Crippen LogP contribution in [0.4, 0.5) is 0 Å². The van der Waals surface area contributed by atoms with Crippen LogP contribution in [-0.4, -0.2) is 5.11 Å². The molecule has 0 spiro atoms. The van der Waals surface area contributed by atoms with Gasteiger partial charge in [-0.2, -0.15) is 0 Å². The molecule has 1 aromatic heterocycles. The lowest BCUT2D eigenvalue weighted by atomic mass is 9.86. The molecule has 0 aliphatic rings. The first-order valence-corrected chi connectivity index (χ1v) is 7.58. The minimum absolute atomic E-state index is 0.126. The van der Waals surface area contributed by atoms with E-state index in [0.717, 1.165) is 16.0 Å². The average molecular weight is 295 g/mol. The molecule has 1 nitrogen and oxygen atoms in total. The van der Waals surface area contributed by atoms with Crippen molar-refractivity contribution < 1.29 is 5.11 Å². The topological polar surface area (TPSA) is 20.2 Å². The van der Waals surface area contributed by atoms with Crippen LogP contribution in [0.15, 0.2) is 29.6 Å². The predicted octanol–water partition coefficient (Wildman–Crippen LogP) is 5.09. The van der Waals surface area contributed by atoms with Crippen molar-refractivity contribution in [3.05, 3.63) is 56.2 Å². The fourth-order valence-corrected chi connectivity index (χ4v) is 3.26. The highest BCUT2D eigenvalue weighted by molar-refractivity contribution is 7.10. The quantitative estimate of drug-likeness (QED) is 0.818. The SMILES string of the molecule is Cc1csc(C(O)c2ccc(C(C)(C)C)cc2)c1Cl. The summed E-state index contributed by atoms with van der Waals surface area (Å²) >= 11 is 7.71. The van der Waals surface area contributed by atoms with Crippen molar-refractivity contribution in [3.8, 4) is 0 Å². The second kappa shape index (κ2) is 5.28. The van der Waals surface area contributed by atoms with E-state index in [2.05, 4.69) is 32.9 Å². The number of hydrogen-bond donors (Lipinski definition) is 1. The molecule has 0 fully saturated rings. The van der Waals surface area contributed by atoms with Crippen LogP contribution in [0.25, 0.3) is 0 Å². The number of rotatable bonds is 2. The molecule has 1 heterocycles. The fourth-order valence-electron chi connectivity index (χ4n) is 1.95. The number of halogens is 1. The lowest BCUT2D eigenvalue weighted by Crippen LogP contribution is -2.11. The number of hydrogen-bond acceptors (Lipinski definition) is 2. The molecule has 3 heteroatoms. The number of aliphatic hydroxyl groups excluding tert-OH is 1. The molecule has 0 saturated carbocycles. The van der Waals surface area contributed by atoms with Crippen LogP contribution in [0.3, 0.4) is 0 Å². The van der Waals surface area contributed by atoms with Gasteiger partial charge in [0.2, 0.25) is 0 Å². The number of aryl methyl sites for hydroxylation is 1. The summed E-state index contributed by atoms with van der Waals surface area (Å²) in [6.45, 7) is 8.49. The third kappa shape index (κ3) is 3.02. The van der Waals surface area contributed by atoms with Gasteiger partial charge in [0.05, 0.1) is 9.90 Å². The monoisotopic (exact) mass is 294 g/mol. The molecule has 0 amide bonds. The van der Waals surface area contributed by atoms with E-state index >= 15 is 0 Å². The van der Waals surface area contributed by atoms with Gasteiger partial charge in [-0.3, -0.25) is 0 Å². The minimum Gasteiger partial charge on any atom is -0.383 e. The van der Waals surface area contributed by atoms with E-state index in [1.807, 2.05) is 24.4 Å². The smallest absolute Gasteiger partial charge is 0.115 e. The summed E-state index contributed by atoms with van der Waals surface area (Å²) in [6.07, 6.45) is -0.639. The molecule has 19 heavy (non-hydrogen) atoms. The Labute approximate surface area is 123 Å². The van der Waals surface area contributed by atoms with Crippen molar-refractivity contribution in [3.63, 3.8) is 0 Å². The van der Waals surface area contributed by atoms with Crippen LogP contribution >= 0.6 is 22.9 Å². The number of benzene rings is 1. The maximum atomic E-state index is 10.4. The van der Waals surface area contributed by atoms with Crippen LogP contribution in [0, 0.1) is 6.92 Å². The second-order valence-corrected chi connectivity index (χ2v) is 7.16. The molecular formula is C16H19ClOS. The Morgan fingerprint density at radius 3 is 2.16 bits per heavy atom. The summed E-state index contributed by atoms with van der Waals surface area (Å²) < 4.78 is 0. The van der Waals surface area contributed by atoms with Gasteiger partial charge in [0.15, 0.2) is 0 Å². The Morgan fingerprint density at radius 2 is 1.74 bits per heavy atom. The largest absolute Gasteiger partial charge is 0.383 e. The molecule has 2 aromatic rings. The van der Waals surface area contributed by atoms with Crippen molar-refractivity contribution >= 4 is 22.9 Å². The minimum atomic E-state index is -0.639. The zero-order chi connectivity index (χ0) is 14.2. The molecule has 1 unspecified atom stereocenters. The van der Waals surface area contributed by atoms with E-state index in [1.54, 1.807) is 0 Å². The summed E-state index contributed by atoms with van der Waals surface area (Å²) in [7, 11) is 0. The molecule has 1 atom stereocenters. The van der Waals surface area contributed by atoms with Crippen molar-refractivity contribution in [1.29, 1.82) is 0 Å². The summed E-state index contributed by atoms with van der Waals surface area (Å²) in [5, 5.41) is 13.1. The van der Waals surface area contributed by atoms with Gasteiger partial charge in [0, 0.05) is 0 Å². The second-order valence-electron chi connectivity index (χ2n) is 5.87. The van der Waals surface area contributed by atoms with Gasteiger partial charge >= 0.3 is 0 Å². The van der Waals surface area contributed by atoms with E-state index in [-0.39, 0.29) is 5.41 Å². The van der Waals surface area contributed by atoms with Gasteiger partial charge in [-0.05, 0) is 34.4 Å². The Balaban J connectivity index is 2.30. The Bertz CT molecular complexity index is 563. The van der Waals surface area contributed by atoms with Crippen molar-refractivity contribution in [2.75, 3.05) is 0 Å². The predicted molar refractivity (Wildman–Crippen MR) is 83.3 cm³/mol. The maximum Gasteiger partial charge on any atom is 0.115 e. The first-order valence-electron chi connectivity index (χ1n) is 6.32. The van der Waals surface area contributed by atoms with Crippen LogP contribution < -0.4 is 0 Å². The van der Waals surface area contributed by atoms with E-state index in [0.29, 0.717) is 5.02 Å². The lowest BCUT2D eigenvalue weighted by molar-refractivity contribution is 0.224. The molecule has 102 valence electrons. The first-order chi connectivity index (χ1) is 8.80. The highest BCUT2D eigenvalue weighted by Crippen LogP contribution is 2.36. The molecule has 1 N–H and O–H groups in total. The molecule has 0 radical (unpaired) electrons.